The van der Waals surface area contributed by atoms with Crippen LogP contribution in [0.1, 0.15) is 52.9 Å². The molecule has 0 saturated carbocycles. The molecule has 0 radical (unpaired) electrons. The molecule has 166 valence electrons. The Bertz CT molecular complexity index is 1240. The van der Waals surface area contributed by atoms with Gasteiger partial charge in [-0.1, -0.05) is 48.0 Å². The van der Waals surface area contributed by atoms with Crippen LogP contribution in [0.15, 0.2) is 71.6 Å². The molecule has 1 aliphatic rings. The molecule has 1 aliphatic carbocycles. The van der Waals surface area contributed by atoms with Crippen LogP contribution in [0.3, 0.4) is 0 Å². The van der Waals surface area contributed by atoms with E-state index >= 15 is 0 Å². The molecule has 32 heavy (non-hydrogen) atoms. The molecule has 7 heteroatoms. The fourth-order valence-electron chi connectivity index (χ4n) is 3.95. The summed E-state index contributed by atoms with van der Waals surface area (Å²) in [5, 5.41) is 3.02. The number of amides is 1. The lowest BCUT2D eigenvalue weighted by Crippen LogP contribution is -2.27. The Morgan fingerprint density at radius 1 is 0.938 bits per heavy atom. The van der Waals surface area contributed by atoms with Gasteiger partial charge in [0.2, 0.25) is 0 Å². The van der Waals surface area contributed by atoms with Gasteiger partial charge in [0, 0.05) is 11.3 Å². The fraction of sp³-hybridized carbons (Fsp3) is 0.240. The van der Waals surface area contributed by atoms with Crippen LogP contribution in [0.25, 0.3) is 0 Å². The topological polar surface area (TPSA) is 75.3 Å². The number of sulfonamides is 1. The van der Waals surface area contributed by atoms with Gasteiger partial charge in [-0.05, 0) is 79.6 Å². The summed E-state index contributed by atoms with van der Waals surface area (Å²) in [5.74, 6) is -0.358. The summed E-state index contributed by atoms with van der Waals surface area (Å²) in [7, 11) is -3.95. The first kappa shape index (κ1) is 22.4. The van der Waals surface area contributed by atoms with E-state index in [2.05, 4.69) is 28.2 Å². The molecule has 0 saturated heterocycles. The first-order chi connectivity index (χ1) is 15.3. The summed E-state index contributed by atoms with van der Waals surface area (Å²) < 4.78 is 28.2. The molecule has 0 spiro atoms. The van der Waals surface area contributed by atoms with Gasteiger partial charge in [0.05, 0.1) is 11.1 Å². The SMILES string of the molecule is C[C@@H](NC(=O)c1ccc(Cl)c(S(=O)(=O)Nc2ccccc2)c1)c1ccc2c(c1)CCCC2. The van der Waals surface area contributed by atoms with Gasteiger partial charge in [-0.2, -0.15) is 0 Å². The summed E-state index contributed by atoms with van der Waals surface area (Å²) in [6.07, 6.45) is 4.59. The summed E-state index contributed by atoms with van der Waals surface area (Å²) >= 11 is 6.17. The van der Waals surface area contributed by atoms with Crippen molar-refractivity contribution >= 4 is 33.2 Å². The first-order valence-electron chi connectivity index (χ1n) is 10.6. The second kappa shape index (κ2) is 9.35. The number of hydrogen-bond acceptors (Lipinski definition) is 3. The van der Waals surface area contributed by atoms with Gasteiger partial charge in [-0.25, -0.2) is 8.42 Å². The molecule has 3 aromatic rings. The zero-order valence-electron chi connectivity index (χ0n) is 17.8. The van der Waals surface area contributed by atoms with Crippen molar-refractivity contribution in [2.45, 2.75) is 43.5 Å². The maximum Gasteiger partial charge on any atom is 0.263 e. The Morgan fingerprint density at radius 3 is 2.41 bits per heavy atom. The quantitative estimate of drug-likeness (QED) is 0.500. The molecule has 1 atom stereocenters. The van der Waals surface area contributed by atoms with Crippen molar-refractivity contribution < 1.29 is 13.2 Å². The van der Waals surface area contributed by atoms with Crippen LogP contribution in [-0.4, -0.2) is 14.3 Å². The molecule has 2 N–H and O–H groups in total. The van der Waals surface area contributed by atoms with Crippen molar-refractivity contribution in [3.63, 3.8) is 0 Å². The molecule has 0 bridgehead atoms. The normalized spacial score (nSPS) is 14.3. The van der Waals surface area contributed by atoms with Gasteiger partial charge in [0.1, 0.15) is 4.90 Å². The highest BCUT2D eigenvalue weighted by Gasteiger charge is 2.21. The van der Waals surface area contributed by atoms with Crippen molar-refractivity contribution in [3.05, 3.63) is 94.0 Å². The van der Waals surface area contributed by atoms with Crippen LogP contribution in [0.5, 0.6) is 0 Å². The molecule has 0 aliphatic heterocycles. The van der Waals surface area contributed by atoms with Crippen molar-refractivity contribution in [1.29, 1.82) is 0 Å². The van der Waals surface area contributed by atoms with Gasteiger partial charge in [0.25, 0.3) is 15.9 Å². The van der Waals surface area contributed by atoms with Crippen molar-refractivity contribution in [3.8, 4) is 0 Å². The average molecular weight is 469 g/mol. The summed E-state index contributed by atoms with van der Waals surface area (Å²) in [5.41, 5.74) is 4.41. The lowest BCUT2D eigenvalue weighted by atomic mass is 9.89. The maximum atomic E-state index is 12.9. The zero-order valence-corrected chi connectivity index (χ0v) is 19.3. The number of halogens is 1. The van der Waals surface area contributed by atoms with Crippen LogP contribution < -0.4 is 10.0 Å². The summed E-state index contributed by atoms with van der Waals surface area (Å²) in [6, 6.07) is 18.9. The standard InChI is InChI=1S/C25H25ClN2O3S/c1-17(19-12-11-18-7-5-6-8-20(18)15-19)27-25(29)21-13-14-23(26)24(16-21)32(30,31)28-22-9-3-2-4-10-22/h2-4,9-17,28H,5-8H2,1H3,(H,27,29)/t17-/m1/s1. The van der Waals surface area contributed by atoms with Crippen LogP contribution in [-0.2, 0) is 22.9 Å². The number of nitrogens with one attached hydrogen (secondary N) is 2. The molecule has 3 aromatic carbocycles. The van der Waals surface area contributed by atoms with Gasteiger partial charge in [0.15, 0.2) is 0 Å². The Kier molecular flexibility index (Phi) is 6.53. The molecule has 4 rings (SSSR count). The Morgan fingerprint density at radius 2 is 1.66 bits per heavy atom. The van der Waals surface area contributed by atoms with E-state index < -0.39 is 10.0 Å². The van der Waals surface area contributed by atoms with Gasteiger partial charge >= 0.3 is 0 Å². The number of anilines is 1. The van der Waals surface area contributed by atoms with E-state index in [-0.39, 0.29) is 27.4 Å². The van der Waals surface area contributed by atoms with Crippen LogP contribution >= 0.6 is 11.6 Å². The Hall–Kier alpha value is -2.83. The highest BCUT2D eigenvalue weighted by atomic mass is 35.5. The predicted octanol–water partition coefficient (Wildman–Crippen LogP) is 5.51. The smallest absolute Gasteiger partial charge is 0.263 e. The maximum absolute atomic E-state index is 12.9. The number of carbonyl (C=O) groups excluding carboxylic acids is 1. The van der Waals surface area contributed by atoms with Crippen LogP contribution in [0, 0.1) is 0 Å². The largest absolute Gasteiger partial charge is 0.346 e. The van der Waals surface area contributed by atoms with Crippen molar-refractivity contribution in [2.24, 2.45) is 0 Å². The minimum Gasteiger partial charge on any atom is -0.346 e. The van der Waals surface area contributed by atoms with E-state index in [1.807, 2.05) is 6.92 Å². The minimum absolute atomic E-state index is 0.0488. The number of aryl methyl sites for hydroxylation is 2. The van der Waals surface area contributed by atoms with Gasteiger partial charge in [-0.15, -0.1) is 0 Å². The van der Waals surface area contributed by atoms with E-state index in [1.165, 1.54) is 42.2 Å². The molecule has 0 aromatic heterocycles. The van der Waals surface area contributed by atoms with Crippen LogP contribution in [0.4, 0.5) is 5.69 Å². The molecule has 5 nitrogen and oxygen atoms in total. The Labute approximate surface area is 193 Å². The van der Waals surface area contributed by atoms with E-state index in [1.54, 1.807) is 30.3 Å². The van der Waals surface area contributed by atoms with Gasteiger partial charge in [-0.3, -0.25) is 9.52 Å². The highest BCUT2D eigenvalue weighted by Crippen LogP contribution is 2.27. The molecule has 0 unspecified atom stereocenters. The second-order valence-corrected chi connectivity index (χ2v) is 10.1. The average Bonchev–Trinajstić information content (AvgIpc) is 2.79. The van der Waals surface area contributed by atoms with E-state index in [9.17, 15) is 13.2 Å². The zero-order chi connectivity index (χ0) is 22.7. The molecular weight excluding hydrogens is 444 g/mol. The molecule has 1 amide bonds. The van der Waals surface area contributed by atoms with E-state index in [0.717, 1.165) is 18.4 Å². The first-order valence-corrected chi connectivity index (χ1v) is 12.5. The Balaban J connectivity index is 1.53. The highest BCUT2D eigenvalue weighted by molar-refractivity contribution is 7.92. The van der Waals surface area contributed by atoms with Gasteiger partial charge < -0.3 is 5.32 Å². The van der Waals surface area contributed by atoms with E-state index in [0.29, 0.717) is 5.69 Å². The number of hydrogen-bond donors (Lipinski definition) is 2. The number of carbonyl (C=O) groups is 1. The number of para-hydroxylation sites is 1. The summed E-state index contributed by atoms with van der Waals surface area (Å²) in [6.45, 7) is 1.92. The molecule has 0 heterocycles. The fourth-order valence-corrected chi connectivity index (χ4v) is 5.54. The minimum atomic E-state index is -3.95. The monoisotopic (exact) mass is 468 g/mol. The lowest BCUT2D eigenvalue weighted by molar-refractivity contribution is 0.0939. The third kappa shape index (κ3) is 4.97. The third-order valence-corrected chi connectivity index (χ3v) is 7.59. The number of benzene rings is 3. The number of fused-ring (bicyclic) bond motifs is 1. The van der Waals surface area contributed by atoms with Crippen molar-refractivity contribution in [1.82, 2.24) is 5.32 Å². The van der Waals surface area contributed by atoms with Crippen LogP contribution in [0.2, 0.25) is 5.02 Å². The predicted molar refractivity (Wildman–Crippen MR) is 128 cm³/mol. The molecule has 0 fully saturated rings. The van der Waals surface area contributed by atoms with E-state index in [4.69, 9.17) is 11.6 Å². The van der Waals surface area contributed by atoms with Crippen molar-refractivity contribution in [2.75, 3.05) is 4.72 Å². The molecular formula is C25H25ClN2O3S. The lowest BCUT2D eigenvalue weighted by Gasteiger charge is -2.20. The third-order valence-electron chi connectivity index (χ3n) is 5.73. The summed E-state index contributed by atoms with van der Waals surface area (Å²) in [4.78, 5) is 12.8. The number of rotatable bonds is 6. The second-order valence-electron chi connectivity index (χ2n) is 8.05.